The number of nitrogens with one attached hydrogen (secondary N) is 1. The summed E-state index contributed by atoms with van der Waals surface area (Å²) in [6.07, 6.45) is 8.49. The van der Waals surface area contributed by atoms with Crippen molar-refractivity contribution in [2.24, 2.45) is 0 Å². The highest BCUT2D eigenvalue weighted by Gasteiger charge is 2.13. The van der Waals surface area contributed by atoms with Crippen LogP contribution in [-0.4, -0.2) is 24.7 Å². The van der Waals surface area contributed by atoms with Gasteiger partial charge in [-0.05, 0) is 80.6 Å². The van der Waals surface area contributed by atoms with Gasteiger partial charge in [0.15, 0.2) is 0 Å². The third kappa shape index (κ3) is 7.86. The maximum Gasteiger partial charge on any atom is 0.226 e. The van der Waals surface area contributed by atoms with Crippen LogP contribution in [0.1, 0.15) is 74.4 Å². The fourth-order valence-electron chi connectivity index (χ4n) is 4.36. The fraction of sp³-hybridized carbons (Fsp3) is 0.500. The molecule has 3 rings (SSSR count). The molecule has 3 aromatic rings. The molecule has 0 fully saturated rings. The molecule has 0 radical (unpaired) electrons. The molecule has 0 atom stereocenters. The maximum atomic E-state index is 6.23. The monoisotopic (exact) mass is 478 g/mol. The van der Waals surface area contributed by atoms with Crippen LogP contribution >= 0.6 is 0 Å². The summed E-state index contributed by atoms with van der Waals surface area (Å²) in [4.78, 5) is 4.71. The number of aromatic nitrogens is 1. The Hall–Kier alpha value is -2.79. The zero-order chi connectivity index (χ0) is 25.0. The molecule has 0 aliphatic rings. The first-order valence-electron chi connectivity index (χ1n) is 13.2. The minimum atomic E-state index is 0.571. The first-order valence-corrected chi connectivity index (χ1v) is 13.2. The van der Waals surface area contributed by atoms with Crippen molar-refractivity contribution in [1.82, 2.24) is 10.3 Å². The van der Waals surface area contributed by atoms with Crippen molar-refractivity contribution in [3.8, 4) is 23.0 Å². The topological polar surface area (TPSA) is 56.5 Å². The molecule has 1 heterocycles. The van der Waals surface area contributed by atoms with Crippen LogP contribution in [-0.2, 0) is 19.4 Å². The van der Waals surface area contributed by atoms with Crippen LogP contribution in [0.5, 0.6) is 11.5 Å². The Kier molecular flexibility index (Phi) is 10.7. The largest absolute Gasteiger partial charge is 0.493 e. The van der Waals surface area contributed by atoms with Crippen LogP contribution in [0.2, 0.25) is 0 Å². The highest BCUT2D eigenvalue weighted by molar-refractivity contribution is 5.60. The fourth-order valence-corrected chi connectivity index (χ4v) is 4.36. The average Bonchev–Trinajstić information content (AvgIpc) is 3.32. The van der Waals surface area contributed by atoms with Gasteiger partial charge in [0.1, 0.15) is 17.8 Å². The van der Waals surface area contributed by atoms with Crippen LogP contribution in [0.4, 0.5) is 0 Å². The number of ether oxygens (including phenoxy) is 2. The van der Waals surface area contributed by atoms with Gasteiger partial charge in [-0.1, -0.05) is 45.2 Å². The summed E-state index contributed by atoms with van der Waals surface area (Å²) in [6, 6.07) is 10.7. The van der Waals surface area contributed by atoms with Crippen molar-refractivity contribution < 1.29 is 13.9 Å². The normalized spacial score (nSPS) is 11.1. The standard InChI is InChI=1S/C30H42N2O3/c1-6-9-10-11-12-25-19-24(20-31-7-2)13-14-28(25)34-16-15-27-21-35-30(32-27)26-17-22(4)29(33-8-3)23(5)18-26/h13-14,17-19,21,31H,6-12,15-16,20H2,1-5H3. The van der Waals surface area contributed by atoms with Gasteiger partial charge in [-0.25, -0.2) is 4.98 Å². The Morgan fingerprint density at radius 2 is 1.71 bits per heavy atom. The van der Waals surface area contributed by atoms with E-state index in [1.165, 1.54) is 36.8 Å². The lowest BCUT2D eigenvalue weighted by molar-refractivity contribution is 0.316. The molecule has 0 saturated carbocycles. The molecule has 0 spiro atoms. The Balaban J connectivity index is 1.63. The summed E-state index contributed by atoms with van der Waals surface area (Å²) in [5, 5.41) is 3.42. The lowest BCUT2D eigenvalue weighted by Crippen LogP contribution is -2.12. The zero-order valence-electron chi connectivity index (χ0n) is 22.2. The lowest BCUT2D eigenvalue weighted by Gasteiger charge is -2.13. The molecule has 0 saturated heterocycles. The third-order valence-electron chi connectivity index (χ3n) is 6.17. The minimum Gasteiger partial charge on any atom is -0.493 e. The molecule has 0 aliphatic heterocycles. The van der Waals surface area contributed by atoms with E-state index in [0.29, 0.717) is 25.5 Å². The number of hydrogen-bond acceptors (Lipinski definition) is 5. The number of hydrogen-bond donors (Lipinski definition) is 1. The molecule has 1 aromatic heterocycles. The average molecular weight is 479 g/mol. The highest BCUT2D eigenvalue weighted by Crippen LogP contribution is 2.30. The first kappa shape index (κ1) is 26.8. The van der Waals surface area contributed by atoms with E-state index in [-0.39, 0.29) is 0 Å². The summed E-state index contributed by atoms with van der Waals surface area (Å²) < 4.78 is 17.8. The van der Waals surface area contributed by atoms with E-state index in [9.17, 15) is 0 Å². The second kappa shape index (κ2) is 13.9. The van der Waals surface area contributed by atoms with Crippen LogP contribution in [0.3, 0.4) is 0 Å². The summed E-state index contributed by atoms with van der Waals surface area (Å²) in [6.45, 7) is 13.6. The molecule has 35 heavy (non-hydrogen) atoms. The van der Waals surface area contributed by atoms with Crippen molar-refractivity contribution >= 4 is 0 Å². The predicted octanol–water partition coefficient (Wildman–Crippen LogP) is 7.21. The van der Waals surface area contributed by atoms with Gasteiger partial charge < -0.3 is 19.2 Å². The zero-order valence-corrected chi connectivity index (χ0v) is 22.2. The lowest BCUT2D eigenvalue weighted by atomic mass is 10.0. The maximum absolute atomic E-state index is 6.23. The quantitative estimate of drug-likeness (QED) is 0.234. The molecule has 0 aliphatic carbocycles. The Morgan fingerprint density at radius 1 is 0.914 bits per heavy atom. The van der Waals surface area contributed by atoms with E-state index < -0.39 is 0 Å². The number of oxazole rings is 1. The van der Waals surface area contributed by atoms with Crippen molar-refractivity contribution in [3.63, 3.8) is 0 Å². The molecule has 190 valence electrons. The summed E-state index contributed by atoms with van der Waals surface area (Å²) >= 11 is 0. The second-order valence-electron chi connectivity index (χ2n) is 9.15. The molecule has 1 N–H and O–H groups in total. The Morgan fingerprint density at radius 3 is 2.43 bits per heavy atom. The van der Waals surface area contributed by atoms with Gasteiger partial charge in [0.2, 0.25) is 5.89 Å². The van der Waals surface area contributed by atoms with Crippen molar-refractivity contribution in [2.75, 3.05) is 19.8 Å². The van der Waals surface area contributed by atoms with E-state index >= 15 is 0 Å². The van der Waals surface area contributed by atoms with Crippen molar-refractivity contribution in [2.45, 2.75) is 79.7 Å². The Labute approximate surface area is 211 Å². The SMILES string of the molecule is CCCCCCc1cc(CNCC)ccc1OCCc1coc(-c2cc(C)c(OCC)c(C)c2)n1. The number of nitrogens with zero attached hydrogens (tertiary/aromatic N) is 1. The molecule has 0 unspecified atom stereocenters. The number of rotatable bonds is 15. The van der Waals surface area contributed by atoms with Gasteiger partial charge in [-0.3, -0.25) is 0 Å². The van der Waals surface area contributed by atoms with E-state index in [1.54, 1.807) is 6.26 Å². The van der Waals surface area contributed by atoms with Crippen molar-refractivity contribution in [3.05, 3.63) is 64.5 Å². The minimum absolute atomic E-state index is 0.571. The van der Waals surface area contributed by atoms with Crippen molar-refractivity contribution in [1.29, 1.82) is 0 Å². The number of benzene rings is 2. The summed E-state index contributed by atoms with van der Waals surface area (Å²) in [5.74, 6) is 2.57. The molecule has 5 heteroatoms. The molecular weight excluding hydrogens is 436 g/mol. The smallest absolute Gasteiger partial charge is 0.226 e. The molecule has 0 amide bonds. The first-order chi connectivity index (χ1) is 17.0. The molecule has 5 nitrogen and oxygen atoms in total. The second-order valence-corrected chi connectivity index (χ2v) is 9.15. The van der Waals surface area contributed by atoms with Crippen LogP contribution in [0, 0.1) is 13.8 Å². The van der Waals surface area contributed by atoms with Crippen LogP contribution < -0.4 is 14.8 Å². The van der Waals surface area contributed by atoms with Gasteiger partial charge in [-0.15, -0.1) is 0 Å². The predicted molar refractivity (Wildman–Crippen MR) is 143 cm³/mol. The molecule has 2 aromatic carbocycles. The number of unbranched alkanes of at least 4 members (excludes halogenated alkanes) is 3. The van der Waals surface area contributed by atoms with Gasteiger partial charge in [-0.2, -0.15) is 0 Å². The van der Waals surface area contributed by atoms with Gasteiger partial charge >= 0.3 is 0 Å². The van der Waals surface area contributed by atoms with E-state index in [1.807, 2.05) is 6.92 Å². The van der Waals surface area contributed by atoms with E-state index in [4.69, 9.17) is 18.9 Å². The summed E-state index contributed by atoms with van der Waals surface area (Å²) in [7, 11) is 0. The number of aryl methyl sites for hydroxylation is 3. The van der Waals surface area contributed by atoms with Gasteiger partial charge in [0.25, 0.3) is 0 Å². The van der Waals surface area contributed by atoms with E-state index in [2.05, 4.69) is 63.3 Å². The Bertz CT molecular complexity index is 1030. The summed E-state index contributed by atoms with van der Waals surface area (Å²) in [5.41, 5.74) is 6.67. The van der Waals surface area contributed by atoms with Gasteiger partial charge in [0.05, 0.1) is 18.9 Å². The third-order valence-corrected chi connectivity index (χ3v) is 6.17. The van der Waals surface area contributed by atoms with Crippen LogP contribution in [0.25, 0.3) is 11.5 Å². The van der Waals surface area contributed by atoms with E-state index in [0.717, 1.165) is 53.4 Å². The molecule has 0 bridgehead atoms. The highest BCUT2D eigenvalue weighted by atomic mass is 16.5. The molecular formula is C30H42N2O3. The van der Waals surface area contributed by atoms with Crippen LogP contribution in [0.15, 0.2) is 41.0 Å². The van der Waals surface area contributed by atoms with Gasteiger partial charge in [0, 0.05) is 18.5 Å².